The van der Waals surface area contributed by atoms with E-state index in [-0.39, 0.29) is 6.03 Å². The summed E-state index contributed by atoms with van der Waals surface area (Å²) in [6.07, 6.45) is 0.789. The van der Waals surface area contributed by atoms with Crippen LogP contribution in [0.1, 0.15) is 11.1 Å². The lowest BCUT2D eigenvalue weighted by atomic mass is 10.1. The van der Waals surface area contributed by atoms with Crippen molar-refractivity contribution in [2.45, 2.75) is 13.0 Å². The average molecular weight is 363 g/mol. The van der Waals surface area contributed by atoms with E-state index in [1.165, 1.54) is 5.56 Å². The quantitative estimate of drug-likeness (QED) is 0.826. The van der Waals surface area contributed by atoms with E-state index in [0.29, 0.717) is 13.1 Å². The van der Waals surface area contributed by atoms with E-state index in [1.54, 1.807) is 7.11 Å². The van der Waals surface area contributed by atoms with Crippen molar-refractivity contribution in [3.8, 4) is 5.75 Å². The van der Waals surface area contributed by atoms with Gasteiger partial charge in [0.15, 0.2) is 0 Å². The highest BCUT2D eigenvalue weighted by Gasteiger charge is 2.02. The van der Waals surface area contributed by atoms with Gasteiger partial charge in [0.05, 0.1) is 7.11 Å². The molecular formula is C17H19BrN2O2. The van der Waals surface area contributed by atoms with Crippen LogP contribution in [0.4, 0.5) is 4.79 Å². The molecule has 0 fully saturated rings. The normalized spacial score (nSPS) is 10.1. The number of hydrogen-bond donors (Lipinski definition) is 2. The Morgan fingerprint density at radius 2 is 1.82 bits per heavy atom. The largest absolute Gasteiger partial charge is 0.497 e. The minimum absolute atomic E-state index is 0.164. The van der Waals surface area contributed by atoms with Crippen molar-refractivity contribution in [2.75, 3.05) is 13.7 Å². The summed E-state index contributed by atoms with van der Waals surface area (Å²) in [6, 6.07) is 15.5. The Morgan fingerprint density at radius 3 is 2.50 bits per heavy atom. The van der Waals surface area contributed by atoms with E-state index >= 15 is 0 Å². The lowest BCUT2D eigenvalue weighted by Gasteiger charge is -2.09. The van der Waals surface area contributed by atoms with E-state index in [2.05, 4.69) is 26.6 Å². The van der Waals surface area contributed by atoms with Gasteiger partial charge in [-0.15, -0.1) is 0 Å². The van der Waals surface area contributed by atoms with Crippen LogP contribution in [0, 0.1) is 0 Å². The zero-order valence-electron chi connectivity index (χ0n) is 12.4. The zero-order chi connectivity index (χ0) is 15.8. The number of nitrogens with one attached hydrogen (secondary N) is 2. The average Bonchev–Trinajstić information content (AvgIpc) is 2.55. The topological polar surface area (TPSA) is 50.4 Å². The SMILES string of the molecule is COc1ccc(CNC(=O)NCCc2ccccc2Br)cc1. The fourth-order valence-electron chi connectivity index (χ4n) is 2.00. The molecule has 5 heteroatoms. The minimum Gasteiger partial charge on any atom is -0.497 e. The number of carbonyl (C=O) groups excluding carboxylic acids is 1. The van der Waals surface area contributed by atoms with Gasteiger partial charge in [-0.2, -0.15) is 0 Å². The Bertz CT molecular complexity index is 614. The van der Waals surface area contributed by atoms with Gasteiger partial charge in [-0.1, -0.05) is 46.3 Å². The maximum absolute atomic E-state index is 11.8. The molecule has 0 heterocycles. The minimum atomic E-state index is -0.164. The highest BCUT2D eigenvalue weighted by molar-refractivity contribution is 9.10. The Kier molecular flexibility index (Phi) is 6.27. The highest BCUT2D eigenvalue weighted by Crippen LogP contribution is 2.15. The summed E-state index contributed by atoms with van der Waals surface area (Å²) < 4.78 is 6.16. The fraction of sp³-hybridized carbons (Fsp3) is 0.235. The molecule has 0 atom stereocenters. The van der Waals surface area contributed by atoms with Gasteiger partial charge in [0.1, 0.15) is 5.75 Å². The van der Waals surface area contributed by atoms with Crippen LogP contribution in [0.5, 0.6) is 5.75 Å². The van der Waals surface area contributed by atoms with Crippen molar-refractivity contribution in [3.63, 3.8) is 0 Å². The Labute approximate surface area is 139 Å². The number of amides is 2. The van der Waals surface area contributed by atoms with Crippen LogP contribution < -0.4 is 15.4 Å². The van der Waals surface area contributed by atoms with Gasteiger partial charge in [-0.05, 0) is 35.7 Å². The molecule has 22 heavy (non-hydrogen) atoms. The molecular weight excluding hydrogens is 344 g/mol. The van der Waals surface area contributed by atoms with Gasteiger partial charge in [-0.25, -0.2) is 4.79 Å². The van der Waals surface area contributed by atoms with E-state index in [0.717, 1.165) is 22.2 Å². The van der Waals surface area contributed by atoms with Crippen LogP contribution in [0.3, 0.4) is 0 Å². The third-order valence-corrected chi connectivity index (χ3v) is 4.02. The maximum Gasteiger partial charge on any atom is 0.315 e. The molecule has 2 N–H and O–H groups in total. The van der Waals surface area contributed by atoms with Gasteiger partial charge >= 0.3 is 6.03 Å². The van der Waals surface area contributed by atoms with Crippen LogP contribution in [-0.4, -0.2) is 19.7 Å². The van der Waals surface area contributed by atoms with Crippen LogP contribution in [0.2, 0.25) is 0 Å². The van der Waals surface area contributed by atoms with Gasteiger partial charge in [0.2, 0.25) is 0 Å². The number of benzene rings is 2. The van der Waals surface area contributed by atoms with E-state index in [4.69, 9.17) is 4.74 Å². The monoisotopic (exact) mass is 362 g/mol. The first-order chi connectivity index (χ1) is 10.7. The second kappa shape index (κ2) is 8.44. The number of ether oxygens (including phenoxy) is 1. The number of urea groups is 1. The first-order valence-corrected chi connectivity index (χ1v) is 7.86. The fourth-order valence-corrected chi connectivity index (χ4v) is 2.48. The number of halogens is 1. The van der Waals surface area contributed by atoms with Crippen LogP contribution >= 0.6 is 15.9 Å². The number of carbonyl (C=O) groups is 1. The van der Waals surface area contributed by atoms with Crippen molar-refractivity contribution < 1.29 is 9.53 Å². The van der Waals surface area contributed by atoms with Crippen molar-refractivity contribution in [1.29, 1.82) is 0 Å². The van der Waals surface area contributed by atoms with Crippen LogP contribution in [0.25, 0.3) is 0 Å². The summed E-state index contributed by atoms with van der Waals surface area (Å²) >= 11 is 3.50. The van der Waals surface area contributed by atoms with Gasteiger partial charge in [0.25, 0.3) is 0 Å². The van der Waals surface area contributed by atoms with Crippen LogP contribution in [0.15, 0.2) is 53.0 Å². The molecule has 4 nitrogen and oxygen atoms in total. The standard InChI is InChI=1S/C17H19BrN2O2/c1-22-15-8-6-13(7-9-15)12-20-17(21)19-11-10-14-4-2-3-5-16(14)18/h2-9H,10-12H2,1H3,(H2,19,20,21). The molecule has 2 aromatic rings. The predicted molar refractivity (Wildman–Crippen MR) is 91.1 cm³/mol. The predicted octanol–water partition coefficient (Wildman–Crippen LogP) is 3.50. The molecule has 0 aliphatic heterocycles. The molecule has 0 unspecified atom stereocenters. The molecule has 0 aliphatic rings. The van der Waals surface area contributed by atoms with Gasteiger partial charge in [-0.3, -0.25) is 0 Å². The summed E-state index contributed by atoms with van der Waals surface area (Å²) in [4.78, 5) is 11.8. The number of rotatable bonds is 6. The highest BCUT2D eigenvalue weighted by atomic mass is 79.9. The van der Waals surface area contributed by atoms with Crippen molar-refractivity contribution in [1.82, 2.24) is 10.6 Å². The Morgan fingerprint density at radius 1 is 1.09 bits per heavy atom. The number of hydrogen-bond acceptors (Lipinski definition) is 2. The molecule has 2 amide bonds. The molecule has 2 rings (SSSR count). The third-order valence-electron chi connectivity index (χ3n) is 3.25. The van der Waals surface area contributed by atoms with Gasteiger partial charge < -0.3 is 15.4 Å². The molecule has 0 aromatic heterocycles. The molecule has 116 valence electrons. The third kappa shape index (κ3) is 5.07. The molecule has 0 saturated heterocycles. The molecule has 0 radical (unpaired) electrons. The molecule has 2 aromatic carbocycles. The first-order valence-electron chi connectivity index (χ1n) is 7.07. The summed E-state index contributed by atoms with van der Waals surface area (Å²) in [5.74, 6) is 0.807. The summed E-state index contributed by atoms with van der Waals surface area (Å²) in [5.41, 5.74) is 2.21. The molecule has 0 bridgehead atoms. The smallest absolute Gasteiger partial charge is 0.315 e. The molecule has 0 saturated carbocycles. The first kappa shape index (κ1) is 16.4. The summed E-state index contributed by atoms with van der Waals surface area (Å²) in [7, 11) is 1.63. The van der Waals surface area contributed by atoms with Crippen molar-refractivity contribution in [2.24, 2.45) is 0 Å². The van der Waals surface area contributed by atoms with E-state index < -0.39 is 0 Å². The molecule has 0 aliphatic carbocycles. The summed E-state index contributed by atoms with van der Waals surface area (Å²) in [6.45, 7) is 1.09. The zero-order valence-corrected chi connectivity index (χ0v) is 14.0. The summed E-state index contributed by atoms with van der Waals surface area (Å²) in [5, 5.41) is 5.69. The van der Waals surface area contributed by atoms with Crippen molar-refractivity contribution in [3.05, 3.63) is 64.1 Å². The van der Waals surface area contributed by atoms with E-state index in [9.17, 15) is 4.79 Å². The maximum atomic E-state index is 11.8. The van der Waals surface area contributed by atoms with Crippen LogP contribution in [-0.2, 0) is 13.0 Å². The second-order valence-electron chi connectivity index (χ2n) is 4.80. The van der Waals surface area contributed by atoms with E-state index in [1.807, 2.05) is 48.5 Å². The molecule has 0 spiro atoms. The Hall–Kier alpha value is -2.01. The number of methoxy groups -OCH3 is 1. The lowest BCUT2D eigenvalue weighted by Crippen LogP contribution is -2.36. The Balaban J connectivity index is 1.70. The van der Waals surface area contributed by atoms with Crippen molar-refractivity contribution >= 4 is 22.0 Å². The second-order valence-corrected chi connectivity index (χ2v) is 5.65. The van der Waals surface area contributed by atoms with Gasteiger partial charge in [0, 0.05) is 17.6 Å². The lowest BCUT2D eigenvalue weighted by molar-refractivity contribution is 0.240.